The predicted molar refractivity (Wildman–Crippen MR) is 116 cm³/mol. The lowest BCUT2D eigenvalue weighted by Crippen LogP contribution is -2.67. The van der Waals surface area contributed by atoms with Crippen LogP contribution in [0, 0.1) is 5.92 Å². The Hall–Kier alpha value is -3.27. The predicted octanol–water partition coefficient (Wildman–Crippen LogP) is 3.17. The number of aliphatic carboxylic acids is 1. The Bertz CT molecular complexity index is 1110. The van der Waals surface area contributed by atoms with E-state index in [-0.39, 0.29) is 12.3 Å². The minimum absolute atomic E-state index is 0.112. The number of carboxylic acids is 1. The van der Waals surface area contributed by atoms with E-state index in [0.29, 0.717) is 28.4 Å². The number of amides is 3. The molecule has 0 radical (unpaired) electrons. The number of hydrogen-bond acceptors (Lipinski definition) is 7. The van der Waals surface area contributed by atoms with Gasteiger partial charge in [0.2, 0.25) is 11.8 Å². The summed E-state index contributed by atoms with van der Waals surface area (Å²) in [6.45, 7) is 4.64. The van der Waals surface area contributed by atoms with E-state index in [2.05, 4.69) is 4.98 Å². The van der Waals surface area contributed by atoms with Gasteiger partial charge >= 0.3 is 12.0 Å². The van der Waals surface area contributed by atoms with Crippen molar-refractivity contribution in [1.29, 1.82) is 0 Å². The van der Waals surface area contributed by atoms with Crippen molar-refractivity contribution in [3.05, 3.63) is 53.8 Å². The molecular weight excluding hydrogens is 434 g/mol. The quantitative estimate of drug-likeness (QED) is 0.678. The van der Waals surface area contributed by atoms with Crippen LogP contribution in [0.5, 0.6) is 5.75 Å². The Labute approximate surface area is 188 Å². The number of carboxylic acid groups (broad SMARTS) is 1. The number of carbonyl (C=O) groups is 3. The third-order valence-electron chi connectivity index (χ3n) is 5.90. The van der Waals surface area contributed by atoms with Gasteiger partial charge in [-0.2, -0.15) is 0 Å². The minimum Gasteiger partial charge on any atom is -0.508 e. The van der Waals surface area contributed by atoms with Crippen molar-refractivity contribution >= 4 is 34.6 Å². The molecule has 3 heterocycles. The maximum atomic E-state index is 13.5. The molecule has 0 bridgehead atoms. The molecule has 2 aromatic rings. The molecule has 3 amide bonds. The summed E-state index contributed by atoms with van der Waals surface area (Å²) in [4.78, 5) is 46.0. The molecule has 0 spiro atoms. The van der Waals surface area contributed by atoms with E-state index in [1.54, 1.807) is 31.2 Å². The number of hydrogen-bond donors (Lipinski definition) is 2. The van der Waals surface area contributed by atoms with Gasteiger partial charge in [-0.25, -0.2) is 19.5 Å². The minimum atomic E-state index is -1.73. The lowest BCUT2D eigenvalue weighted by atomic mass is 9.91. The molecule has 32 heavy (non-hydrogen) atoms. The number of phenolic OH excluding ortho intramolecular Hbond substituents is 1. The van der Waals surface area contributed by atoms with Crippen molar-refractivity contribution in [3.63, 3.8) is 0 Å². The fourth-order valence-electron chi connectivity index (χ4n) is 4.01. The number of nitrogens with zero attached hydrogens (tertiary/aromatic N) is 3. The average Bonchev–Trinajstić information content (AvgIpc) is 3.37. The van der Waals surface area contributed by atoms with Crippen molar-refractivity contribution in [2.75, 3.05) is 6.54 Å². The first-order valence-corrected chi connectivity index (χ1v) is 10.9. The van der Waals surface area contributed by atoms with Gasteiger partial charge in [0, 0.05) is 6.54 Å². The van der Waals surface area contributed by atoms with Crippen molar-refractivity contribution in [3.8, 4) is 5.75 Å². The highest BCUT2D eigenvalue weighted by molar-refractivity contribution is 8.09. The van der Waals surface area contributed by atoms with E-state index in [0.717, 1.165) is 4.90 Å². The number of urea groups is 1. The second-order valence-corrected chi connectivity index (χ2v) is 9.35. The van der Waals surface area contributed by atoms with Crippen LogP contribution in [0.25, 0.3) is 4.91 Å². The van der Waals surface area contributed by atoms with Crippen LogP contribution in [0.3, 0.4) is 0 Å². The van der Waals surface area contributed by atoms with Gasteiger partial charge in [0.1, 0.15) is 17.6 Å². The van der Waals surface area contributed by atoms with Crippen molar-refractivity contribution in [2.45, 2.75) is 38.1 Å². The molecule has 1 aromatic heterocycles. The Kier molecular flexibility index (Phi) is 5.49. The third-order valence-corrected chi connectivity index (χ3v) is 7.40. The number of phenols is 1. The fraction of sp³-hybridized carbons (Fsp3) is 0.364. The number of oxazole rings is 1. The van der Waals surface area contributed by atoms with Gasteiger partial charge in [0.15, 0.2) is 0 Å². The molecule has 2 unspecified atom stereocenters. The number of rotatable bonds is 6. The highest BCUT2D eigenvalue weighted by Crippen LogP contribution is 2.51. The SMILES string of the molecule is CC1=C(c2ncco2)SC2C1C(=O)N(C(C)(C)C(=O)O)C(=O)N2CCc1ccccc1O. The number of thioether (sulfide) groups is 1. The van der Waals surface area contributed by atoms with E-state index in [9.17, 15) is 24.6 Å². The van der Waals surface area contributed by atoms with Crippen molar-refractivity contribution < 1.29 is 29.0 Å². The first-order valence-electron chi connectivity index (χ1n) is 10.1. The van der Waals surface area contributed by atoms with E-state index in [1.165, 1.54) is 43.0 Å². The summed E-state index contributed by atoms with van der Waals surface area (Å²) in [5.74, 6) is -2.10. The van der Waals surface area contributed by atoms with Crippen LogP contribution in [0.1, 0.15) is 32.2 Å². The number of benzene rings is 1. The third kappa shape index (κ3) is 3.44. The summed E-state index contributed by atoms with van der Waals surface area (Å²) in [6, 6.07) is 6.15. The van der Waals surface area contributed by atoms with E-state index in [4.69, 9.17) is 4.42 Å². The number of aromatic hydroxyl groups is 1. The van der Waals surface area contributed by atoms with Gasteiger partial charge in [-0.1, -0.05) is 30.0 Å². The van der Waals surface area contributed by atoms with Gasteiger partial charge in [0.25, 0.3) is 0 Å². The molecule has 0 aliphatic carbocycles. The van der Waals surface area contributed by atoms with Crippen LogP contribution in [-0.4, -0.2) is 60.4 Å². The molecule has 2 atom stereocenters. The standard InChI is InChI=1S/C22H23N3O6S/c1-12-15-18(27)25(22(2,3)20(28)29)21(30)24(10-8-13-6-4-5-7-14(13)26)19(15)32-16(12)17-23-9-11-31-17/h4-7,9,11,15,19,26H,8,10H2,1-3H3,(H,28,29). The van der Waals surface area contributed by atoms with Gasteiger partial charge in [-0.3, -0.25) is 4.79 Å². The maximum absolute atomic E-state index is 13.5. The van der Waals surface area contributed by atoms with Gasteiger partial charge < -0.3 is 19.5 Å². The summed E-state index contributed by atoms with van der Waals surface area (Å²) in [5, 5.41) is 19.3. The number of carbonyl (C=O) groups excluding carboxylic acids is 2. The van der Waals surface area contributed by atoms with Crippen molar-refractivity contribution in [1.82, 2.24) is 14.8 Å². The molecule has 1 aromatic carbocycles. The first-order chi connectivity index (χ1) is 15.1. The molecule has 2 aliphatic heterocycles. The van der Waals surface area contributed by atoms with Crippen LogP contribution >= 0.6 is 11.8 Å². The first kappa shape index (κ1) is 21.9. The summed E-state index contributed by atoms with van der Waals surface area (Å²) in [7, 11) is 0. The van der Waals surface area contributed by atoms with Crippen LogP contribution in [0.4, 0.5) is 4.79 Å². The maximum Gasteiger partial charge on any atom is 0.329 e. The number of aromatic nitrogens is 1. The molecule has 10 heteroatoms. The summed E-state index contributed by atoms with van der Waals surface area (Å²) < 4.78 is 5.42. The van der Waals surface area contributed by atoms with Crippen LogP contribution in [0.2, 0.25) is 0 Å². The second-order valence-electron chi connectivity index (χ2n) is 8.23. The molecule has 2 N–H and O–H groups in total. The Balaban J connectivity index is 1.73. The number of para-hydroxylation sites is 1. The average molecular weight is 458 g/mol. The largest absolute Gasteiger partial charge is 0.508 e. The summed E-state index contributed by atoms with van der Waals surface area (Å²) >= 11 is 1.31. The van der Waals surface area contributed by atoms with Gasteiger partial charge in [-0.15, -0.1) is 0 Å². The zero-order valence-corrected chi connectivity index (χ0v) is 18.6. The Morgan fingerprint density at radius 3 is 2.62 bits per heavy atom. The summed E-state index contributed by atoms with van der Waals surface area (Å²) in [6.07, 6.45) is 3.27. The van der Waals surface area contributed by atoms with Crippen LogP contribution in [-0.2, 0) is 16.0 Å². The van der Waals surface area contributed by atoms with Gasteiger partial charge in [-0.05, 0) is 44.4 Å². The summed E-state index contributed by atoms with van der Waals surface area (Å²) in [5.41, 5.74) is -0.403. The molecule has 1 saturated heterocycles. The van der Waals surface area contributed by atoms with Crippen molar-refractivity contribution in [2.24, 2.45) is 5.92 Å². The molecule has 1 fully saturated rings. The Morgan fingerprint density at radius 1 is 1.28 bits per heavy atom. The fourth-order valence-corrected chi connectivity index (χ4v) is 5.54. The van der Waals surface area contributed by atoms with E-state index >= 15 is 0 Å². The zero-order chi connectivity index (χ0) is 23.2. The smallest absolute Gasteiger partial charge is 0.329 e. The topological polar surface area (TPSA) is 124 Å². The van der Waals surface area contributed by atoms with Crippen LogP contribution < -0.4 is 0 Å². The molecule has 0 saturated carbocycles. The zero-order valence-electron chi connectivity index (χ0n) is 17.8. The van der Waals surface area contributed by atoms with E-state index in [1.807, 2.05) is 0 Å². The van der Waals surface area contributed by atoms with E-state index < -0.39 is 34.7 Å². The normalized spacial score (nSPS) is 21.3. The lowest BCUT2D eigenvalue weighted by Gasteiger charge is -2.46. The highest BCUT2D eigenvalue weighted by atomic mass is 32.2. The Morgan fingerprint density at radius 2 is 2.00 bits per heavy atom. The molecule has 2 aliphatic rings. The van der Waals surface area contributed by atoms with Crippen LogP contribution in [0.15, 0.2) is 46.7 Å². The molecule has 168 valence electrons. The second kappa shape index (κ2) is 8.01. The molecular formula is C22H23N3O6S. The number of imide groups is 1. The monoisotopic (exact) mass is 457 g/mol. The highest BCUT2D eigenvalue weighted by Gasteiger charge is 2.57. The van der Waals surface area contributed by atoms with Gasteiger partial charge in [0.05, 0.1) is 22.4 Å². The molecule has 9 nitrogen and oxygen atoms in total. The molecule has 4 rings (SSSR count). The number of fused-ring (bicyclic) bond motifs is 1. The lowest BCUT2D eigenvalue weighted by molar-refractivity contribution is -0.157.